The highest BCUT2D eigenvalue weighted by atomic mass is 35.5. The molecule has 2 aliphatic rings. The monoisotopic (exact) mass is 651 g/mol. The highest BCUT2D eigenvalue weighted by Crippen LogP contribution is 2.36. The zero-order valence-electron chi connectivity index (χ0n) is 26.7. The molecule has 0 radical (unpaired) electrons. The molecule has 47 heavy (non-hydrogen) atoms. The van der Waals surface area contributed by atoms with Crippen LogP contribution < -0.4 is 14.2 Å². The van der Waals surface area contributed by atoms with Gasteiger partial charge in [0.25, 0.3) is 0 Å². The zero-order chi connectivity index (χ0) is 32.8. The third kappa shape index (κ3) is 7.44. The van der Waals surface area contributed by atoms with Crippen LogP contribution in [0.15, 0.2) is 67.0 Å². The van der Waals surface area contributed by atoms with Crippen LogP contribution >= 0.6 is 11.6 Å². The summed E-state index contributed by atoms with van der Waals surface area (Å²) in [7, 11) is 0. The number of hydrogen-bond donors (Lipinski definition) is 0. The lowest BCUT2D eigenvalue weighted by Gasteiger charge is -2.34. The van der Waals surface area contributed by atoms with Crippen molar-refractivity contribution in [1.29, 1.82) is 5.26 Å². The number of halogens is 1. The van der Waals surface area contributed by atoms with Crippen LogP contribution in [0, 0.1) is 25.2 Å². The number of carbonyl (C=O) groups excluding carboxylic acids is 1. The molecule has 3 aromatic carbocycles. The minimum atomic E-state index is 0.127. The van der Waals surface area contributed by atoms with Crippen molar-refractivity contribution in [1.82, 2.24) is 9.88 Å². The van der Waals surface area contributed by atoms with Crippen LogP contribution in [0.5, 0.6) is 17.2 Å². The van der Waals surface area contributed by atoms with Gasteiger partial charge in [0, 0.05) is 42.7 Å². The smallest absolute Gasteiger partial charge is 0.153 e. The lowest BCUT2D eigenvalue weighted by atomic mass is 9.93. The topological polar surface area (TPSA) is 93.9 Å². The average molecular weight is 652 g/mol. The molecular weight excluding hydrogens is 614 g/mol. The molecule has 3 heterocycles. The molecule has 242 valence electrons. The normalized spacial score (nSPS) is 17.2. The summed E-state index contributed by atoms with van der Waals surface area (Å²) in [5.74, 6) is 1.63. The highest BCUT2D eigenvalue weighted by molar-refractivity contribution is 6.32. The second-order valence-corrected chi connectivity index (χ2v) is 12.5. The summed E-state index contributed by atoms with van der Waals surface area (Å²) in [5, 5.41) is 9.46. The van der Waals surface area contributed by atoms with Gasteiger partial charge in [-0.05, 0) is 79.1 Å². The Morgan fingerprint density at radius 3 is 2.45 bits per heavy atom. The molecule has 2 unspecified atom stereocenters. The standard InChI is InChI=1S/C38H38ClN3O5/c1-25-29(22-47-38-16-37(30(20-43)15-35(38)39)46-21-28-14-27(17-40)18-41-19-28)6-3-7-33(25)34-8-4-9-36(26(34)2)45-13-5-12-42-31-10-11-32(42)24-44-23-31/h3-4,6-9,14-16,18-20,31-32H,5,10-13,21-24H2,1-2H3. The van der Waals surface area contributed by atoms with E-state index in [1.807, 2.05) is 24.3 Å². The first-order valence-corrected chi connectivity index (χ1v) is 16.4. The maximum absolute atomic E-state index is 11.8. The van der Waals surface area contributed by atoms with E-state index in [1.165, 1.54) is 25.1 Å². The third-order valence-corrected chi connectivity index (χ3v) is 9.42. The van der Waals surface area contributed by atoms with E-state index in [9.17, 15) is 4.79 Å². The Morgan fingerprint density at radius 2 is 1.68 bits per heavy atom. The van der Waals surface area contributed by atoms with Crippen molar-refractivity contribution in [3.8, 4) is 34.4 Å². The molecule has 8 nitrogen and oxygen atoms in total. The Balaban J connectivity index is 1.11. The molecule has 0 amide bonds. The second kappa shape index (κ2) is 15.0. The van der Waals surface area contributed by atoms with Gasteiger partial charge in [0.1, 0.15) is 36.5 Å². The third-order valence-electron chi connectivity index (χ3n) is 9.12. The lowest BCUT2D eigenvalue weighted by molar-refractivity contribution is -0.0160. The van der Waals surface area contributed by atoms with E-state index >= 15 is 0 Å². The van der Waals surface area contributed by atoms with E-state index < -0.39 is 0 Å². The van der Waals surface area contributed by atoms with Crippen molar-refractivity contribution in [3.05, 3.63) is 105 Å². The van der Waals surface area contributed by atoms with E-state index in [2.05, 4.69) is 41.9 Å². The van der Waals surface area contributed by atoms with Gasteiger partial charge in [-0.1, -0.05) is 41.9 Å². The van der Waals surface area contributed by atoms with E-state index in [-0.39, 0.29) is 13.2 Å². The largest absolute Gasteiger partial charge is 0.493 e. The van der Waals surface area contributed by atoms with Crippen LogP contribution in [-0.4, -0.2) is 54.6 Å². The van der Waals surface area contributed by atoms with Crippen molar-refractivity contribution < 1.29 is 23.7 Å². The van der Waals surface area contributed by atoms with Crippen molar-refractivity contribution in [3.63, 3.8) is 0 Å². The van der Waals surface area contributed by atoms with Crippen molar-refractivity contribution in [2.75, 3.05) is 26.4 Å². The van der Waals surface area contributed by atoms with Crippen LogP contribution in [0.25, 0.3) is 11.1 Å². The zero-order valence-corrected chi connectivity index (χ0v) is 27.5. The SMILES string of the molecule is Cc1c(COc2cc(OCc3cncc(C#N)c3)c(C=O)cc2Cl)cccc1-c1cccc(OCCCN2C3CCC2COC3)c1C. The van der Waals surface area contributed by atoms with Gasteiger partial charge in [0.15, 0.2) is 6.29 Å². The number of morpholine rings is 1. The molecule has 4 aromatic rings. The second-order valence-electron chi connectivity index (χ2n) is 12.1. The summed E-state index contributed by atoms with van der Waals surface area (Å²) in [6.07, 6.45) is 7.25. The van der Waals surface area contributed by atoms with Crippen molar-refractivity contribution >= 4 is 17.9 Å². The molecule has 0 N–H and O–H groups in total. The number of aldehydes is 1. The molecule has 2 bridgehead atoms. The number of pyridine rings is 1. The minimum absolute atomic E-state index is 0.127. The average Bonchev–Trinajstić information content (AvgIpc) is 3.30. The number of benzene rings is 3. The number of carbonyl (C=O) groups is 1. The predicted molar refractivity (Wildman–Crippen MR) is 180 cm³/mol. The molecule has 2 aliphatic heterocycles. The maximum Gasteiger partial charge on any atom is 0.153 e. The number of nitrogens with zero attached hydrogens (tertiary/aromatic N) is 3. The molecule has 0 aliphatic carbocycles. The highest BCUT2D eigenvalue weighted by Gasteiger charge is 2.36. The molecule has 2 fully saturated rings. The molecule has 0 saturated carbocycles. The van der Waals surface area contributed by atoms with Gasteiger partial charge < -0.3 is 18.9 Å². The van der Waals surface area contributed by atoms with E-state index in [0.717, 1.165) is 59.7 Å². The quantitative estimate of drug-likeness (QED) is 0.108. The Kier molecular flexibility index (Phi) is 10.4. The maximum atomic E-state index is 11.8. The van der Waals surface area contributed by atoms with Gasteiger partial charge in [0.05, 0.1) is 36.0 Å². The van der Waals surface area contributed by atoms with Gasteiger partial charge in [-0.15, -0.1) is 0 Å². The Labute approximate surface area is 280 Å². The first-order valence-electron chi connectivity index (χ1n) is 16.0. The van der Waals surface area contributed by atoms with Crippen LogP contribution in [-0.2, 0) is 18.0 Å². The molecule has 6 rings (SSSR count). The van der Waals surface area contributed by atoms with E-state index in [1.54, 1.807) is 18.3 Å². The van der Waals surface area contributed by atoms with Crippen molar-refractivity contribution in [2.45, 2.75) is 58.4 Å². The Bertz CT molecular complexity index is 1770. The predicted octanol–water partition coefficient (Wildman–Crippen LogP) is 7.49. The van der Waals surface area contributed by atoms with Crippen LogP contribution in [0.3, 0.4) is 0 Å². The minimum Gasteiger partial charge on any atom is -0.493 e. The lowest BCUT2D eigenvalue weighted by Crippen LogP contribution is -2.46. The number of aromatic nitrogens is 1. The molecule has 1 aromatic heterocycles. The number of hydrogen-bond acceptors (Lipinski definition) is 8. The summed E-state index contributed by atoms with van der Waals surface area (Å²) < 4.78 is 24.1. The summed E-state index contributed by atoms with van der Waals surface area (Å²) >= 11 is 6.51. The van der Waals surface area contributed by atoms with Crippen LogP contribution in [0.4, 0.5) is 0 Å². The number of nitriles is 1. The van der Waals surface area contributed by atoms with Gasteiger partial charge in [0.2, 0.25) is 0 Å². The van der Waals surface area contributed by atoms with E-state index in [0.29, 0.717) is 58.2 Å². The van der Waals surface area contributed by atoms with Gasteiger partial charge in [-0.25, -0.2) is 0 Å². The Hall–Kier alpha value is -4.42. The number of fused-ring (bicyclic) bond motifs is 2. The molecule has 9 heteroatoms. The first-order chi connectivity index (χ1) is 22.9. The molecule has 2 saturated heterocycles. The molecular formula is C38H38ClN3O5. The first kappa shape index (κ1) is 32.5. The fourth-order valence-corrected chi connectivity index (χ4v) is 6.75. The van der Waals surface area contributed by atoms with E-state index in [4.69, 9.17) is 35.8 Å². The Morgan fingerprint density at radius 1 is 0.936 bits per heavy atom. The number of rotatable bonds is 13. The summed E-state index contributed by atoms with van der Waals surface area (Å²) in [4.78, 5) is 18.4. The molecule has 2 atom stereocenters. The van der Waals surface area contributed by atoms with Crippen molar-refractivity contribution in [2.24, 2.45) is 0 Å². The molecule has 0 spiro atoms. The summed E-state index contributed by atoms with van der Waals surface area (Å²) in [6.45, 7) is 8.03. The summed E-state index contributed by atoms with van der Waals surface area (Å²) in [5.41, 5.74) is 6.87. The van der Waals surface area contributed by atoms with Crippen LogP contribution in [0.1, 0.15) is 57.4 Å². The van der Waals surface area contributed by atoms with Gasteiger partial charge >= 0.3 is 0 Å². The number of ether oxygens (including phenoxy) is 4. The summed E-state index contributed by atoms with van der Waals surface area (Å²) in [6, 6.07) is 20.4. The fraction of sp³-hybridized carbons (Fsp3) is 0.342. The van der Waals surface area contributed by atoms with Gasteiger partial charge in [-0.2, -0.15) is 5.26 Å². The van der Waals surface area contributed by atoms with Gasteiger partial charge in [-0.3, -0.25) is 14.7 Å². The fourth-order valence-electron chi connectivity index (χ4n) is 6.52. The van der Waals surface area contributed by atoms with Crippen LogP contribution in [0.2, 0.25) is 5.02 Å².